The Kier molecular flexibility index (Phi) is 5.15. The van der Waals surface area contributed by atoms with Crippen LogP contribution in [0.3, 0.4) is 0 Å². The van der Waals surface area contributed by atoms with Crippen LogP contribution in [0, 0.1) is 0 Å². The molecule has 2 N–H and O–H groups in total. The normalized spacial score (nSPS) is 15.1. The number of ether oxygens (including phenoxy) is 1. The molecule has 7 heteroatoms. The number of nitrogens with one attached hydrogen (secondary N) is 2. The summed E-state index contributed by atoms with van der Waals surface area (Å²) in [6.07, 6.45) is 0. The maximum atomic E-state index is 13.2. The van der Waals surface area contributed by atoms with Gasteiger partial charge in [-0.15, -0.1) is 0 Å². The van der Waals surface area contributed by atoms with E-state index >= 15 is 0 Å². The topological polar surface area (TPSA) is 73.9 Å². The number of benzene rings is 3. The molecule has 2 aliphatic heterocycles. The molecule has 3 aromatic rings. The predicted octanol–water partition coefficient (Wildman–Crippen LogP) is 3.97. The molecule has 1 fully saturated rings. The van der Waals surface area contributed by atoms with Gasteiger partial charge in [0.2, 0.25) is 0 Å². The van der Waals surface area contributed by atoms with Crippen molar-refractivity contribution in [3.63, 3.8) is 0 Å². The molecule has 0 bridgehead atoms. The maximum Gasteiger partial charge on any atom is 0.257 e. The van der Waals surface area contributed by atoms with Crippen LogP contribution in [0.5, 0.6) is 5.75 Å². The first kappa shape index (κ1) is 19.9. The lowest BCUT2D eigenvalue weighted by atomic mass is 10.1. The average molecular weight is 428 g/mol. The van der Waals surface area contributed by atoms with Gasteiger partial charge in [-0.3, -0.25) is 9.59 Å². The summed E-state index contributed by atoms with van der Waals surface area (Å²) in [7, 11) is 1.67. The summed E-state index contributed by atoms with van der Waals surface area (Å²) in [5.74, 6) is 0.604. The first-order valence-corrected chi connectivity index (χ1v) is 10.6. The van der Waals surface area contributed by atoms with Gasteiger partial charge in [-0.25, -0.2) is 0 Å². The second-order valence-corrected chi connectivity index (χ2v) is 7.84. The lowest BCUT2D eigenvalue weighted by Gasteiger charge is -2.36. The standard InChI is InChI=1S/C25H24N4O3/c1-32-23-9-5-4-8-22(23)28-12-14-29(15-13-28)25(31)17-10-11-20-21(16-17)27-24(30)18-6-2-3-7-19(18)26-20/h2-11,16,26H,12-15H2,1H3,(H,27,30). The monoisotopic (exact) mass is 428 g/mol. The molecule has 32 heavy (non-hydrogen) atoms. The van der Waals surface area contributed by atoms with Crippen LogP contribution < -0.4 is 20.3 Å². The van der Waals surface area contributed by atoms with E-state index in [1.165, 1.54) is 0 Å². The highest BCUT2D eigenvalue weighted by molar-refractivity contribution is 6.12. The van der Waals surface area contributed by atoms with E-state index in [1.807, 2.05) is 53.4 Å². The van der Waals surface area contributed by atoms with Gasteiger partial charge < -0.3 is 25.2 Å². The molecular formula is C25H24N4O3. The zero-order chi connectivity index (χ0) is 22.1. The Labute approximate surface area is 186 Å². The van der Waals surface area contributed by atoms with Crippen molar-refractivity contribution in [2.24, 2.45) is 0 Å². The van der Waals surface area contributed by atoms with Gasteiger partial charge in [0, 0.05) is 31.7 Å². The van der Waals surface area contributed by atoms with E-state index < -0.39 is 0 Å². The molecule has 0 saturated carbocycles. The van der Waals surface area contributed by atoms with Crippen LogP contribution in [0.15, 0.2) is 66.7 Å². The maximum absolute atomic E-state index is 13.2. The zero-order valence-electron chi connectivity index (χ0n) is 17.8. The quantitative estimate of drug-likeness (QED) is 0.661. The van der Waals surface area contributed by atoms with E-state index in [2.05, 4.69) is 15.5 Å². The van der Waals surface area contributed by atoms with Gasteiger partial charge in [0.1, 0.15) is 5.75 Å². The van der Waals surface area contributed by atoms with Crippen LogP contribution in [0.25, 0.3) is 0 Å². The minimum Gasteiger partial charge on any atom is -0.495 e. The summed E-state index contributed by atoms with van der Waals surface area (Å²) >= 11 is 0. The summed E-state index contributed by atoms with van der Waals surface area (Å²) in [5, 5.41) is 6.21. The third-order valence-corrected chi connectivity index (χ3v) is 5.95. The molecule has 0 unspecified atom stereocenters. The van der Waals surface area contributed by atoms with Crippen LogP contribution in [0.4, 0.5) is 22.7 Å². The number of hydrogen-bond acceptors (Lipinski definition) is 5. The second-order valence-electron chi connectivity index (χ2n) is 7.84. The van der Waals surface area contributed by atoms with Crippen LogP contribution in [0.1, 0.15) is 20.7 Å². The number of carbonyl (C=O) groups is 2. The van der Waals surface area contributed by atoms with Crippen LogP contribution in [-0.2, 0) is 0 Å². The fourth-order valence-electron chi connectivity index (χ4n) is 4.24. The molecule has 1 saturated heterocycles. The number of anilines is 4. The molecule has 2 amide bonds. The van der Waals surface area contributed by atoms with Gasteiger partial charge in [-0.2, -0.15) is 0 Å². The molecule has 0 spiro atoms. The highest BCUT2D eigenvalue weighted by atomic mass is 16.5. The van der Waals surface area contributed by atoms with E-state index in [1.54, 1.807) is 25.3 Å². The number of hydrogen-bond donors (Lipinski definition) is 2. The number of rotatable bonds is 3. The van der Waals surface area contributed by atoms with Crippen LogP contribution >= 0.6 is 0 Å². The predicted molar refractivity (Wildman–Crippen MR) is 125 cm³/mol. The summed E-state index contributed by atoms with van der Waals surface area (Å²) in [4.78, 5) is 29.9. The van der Waals surface area contributed by atoms with Crippen LogP contribution in [-0.4, -0.2) is 50.0 Å². The molecule has 7 nitrogen and oxygen atoms in total. The fraction of sp³-hybridized carbons (Fsp3) is 0.200. The van der Waals surface area contributed by atoms with Crippen molar-refractivity contribution in [3.8, 4) is 5.75 Å². The summed E-state index contributed by atoms with van der Waals surface area (Å²) in [6.45, 7) is 2.68. The van der Waals surface area contributed by atoms with Crippen molar-refractivity contribution in [1.82, 2.24) is 4.90 Å². The van der Waals surface area contributed by atoms with Gasteiger partial charge in [0.05, 0.1) is 35.4 Å². The molecule has 5 rings (SSSR count). The van der Waals surface area contributed by atoms with Crippen molar-refractivity contribution in [2.75, 3.05) is 48.8 Å². The number of carbonyl (C=O) groups excluding carboxylic acids is 2. The minimum atomic E-state index is -0.193. The number of para-hydroxylation sites is 3. The van der Waals surface area contributed by atoms with Crippen molar-refractivity contribution >= 4 is 34.6 Å². The fourth-order valence-corrected chi connectivity index (χ4v) is 4.24. The number of piperazine rings is 1. The number of methoxy groups -OCH3 is 1. The van der Waals surface area contributed by atoms with Crippen molar-refractivity contribution < 1.29 is 14.3 Å². The van der Waals surface area contributed by atoms with Gasteiger partial charge in [0.25, 0.3) is 11.8 Å². The first-order valence-electron chi connectivity index (χ1n) is 10.6. The van der Waals surface area contributed by atoms with Crippen molar-refractivity contribution in [3.05, 3.63) is 77.9 Å². The molecule has 0 atom stereocenters. The molecule has 0 radical (unpaired) electrons. The third-order valence-electron chi connectivity index (χ3n) is 5.95. The van der Waals surface area contributed by atoms with E-state index in [0.717, 1.165) is 35.9 Å². The van der Waals surface area contributed by atoms with Gasteiger partial charge in [0.15, 0.2) is 0 Å². The SMILES string of the molecule is COc1ccccc1N1CCN(C(=O)c2ccc3c(c2)NC(=O)c2ccccc2N3)CC1. The van der Waals surface area contributed by atoms with E-state index in [-0.39, 0.29) is 11.8 Å². The Morgan fingerprint density at radius 1 is 0.844 bits per heavy atom. The smallest absolute Gasteiger partial charge is 0.257 e. The molecule has 162 valence electrons. The van der Waals surface area contributed by atoms with E-state index in [0.29, 0.717) is 29.9 Å². The Morgan fingerprint density at radius 2 is 1.59 bits per heavy atom. The first-order chi connectivity index (χ1) is 15.6. The Hall–Kier alpha value is -4.00. The van der Waals surface area contributed by atoms with Crippen LogP contribution in [0.2, 0.25) is 0 Å². The molecule has 0 aromatic heterocycles. The van der Waals surface area contributed by atoms with Gasteiger partial charge in [-0.1, -0.05) is 24.3 Å². The highest BCUT2D eigenvalue weighted by Gasteiger charge is 2.25. The summed E-state index contributed by atoms with van der Waals surface area (Å²) in [5.41, 5.74) is 4.29. The largest absolute Gasteiger partial charge is 0.495 e. The van der Waals surface area contributed by atoms with E-state index in [4.69, 9.17) is 4.74 Å². The zero-order valence-corrected chi connectivity index (χ0v) is 17.8. The minimum absolute atomic E-state index is 0.0384. The number of nitrogens with zero attached hydrogens (tertiary/aromatic N) is 2. The van der Waals surface area contributed by atoms with Crippen molar-refractivity contribution in [2.45, 2.75) is 0 Å². The Balaban J connectivity index is 1.31. The lowest BCUT2D eigenvalue weighted by Crippen LogP contribution is -2.48. The molecule has 2 aliphatic rings. The molecule has 2 heterocycles. The number of amides is 2. The lowest BCUT2D eigenvalue weighted by molar-refractivity contribution is 0.0746. The van der Waals surface area contributed by atoms with E-state index in [9.17, 15) is 9.59 Å². The summed E-state index contributed by atoms with van der Waals surface area (Å²) < 4.78 is 5.47. The Bertz CT molecular complexity index is 1190. The molecular weight excluding hydrogens is 404 g/mol. The van der Waals surface area contributed by atoms with Gasteiger partial charge >= 0.3 is 0 Å². The second kappa shape index (κ2) is 8.26. The number of fused-ring (bicyclic) bond motifs is 2. The third kappa shape index (κ3) is 3.62. The highest BCUT2D eigenvalue weighted by Crippen LogP contribution is 2.33. The average Bonchev–Trinajstić information content (AvgIpc) is 2.99. The molecule has 3 aromatic carbocycles. The summed E-state index contributed by atoms with van der Waals surface area (Å²) in [6, 6.07) is 20.7. The Morgan fingerprint density at radius 3 is 2.41 bits per heavy atom. The van der Waals surface area contributed by atoms with Gasteiger partial charge in [-0.05, 0) is 42.5 Å². The molecule has 0 aliphatic carbocycles. The van der Waals surface area contributed by atoms with Crippen molar-refractivity contribution in [1.29, 1.82) is 0 Å².